The summed E-state index contributed by atoms with van der Waals surface area (Å²) < 4.78 is 4.97. The molecule has 0 aliphatic carbocycles. The van der Waals surface area contributed by atoms with Crippen LogP contribution in [0.15, 0.2) is 249 Å². The Balaban J connectivity index is 1.09. The maximum absolute atomic E-state index is 2.99. The van der Waals surface area contributed by atoms with Gasteiger partial charge in [-0.25, -0.2) is 0 Å². The Morgan fingerprint density at radius 2 is 0.781 bits per heavy atom. The Bertz CT molecular complexity index is 3680. The molecule has 13 rings (SSSR count). The maximum Gasteiger partial charge on any atom is 0.179 e. The molecule has 1 radical (unpaired) electrons. The van der Waals surface area contributed by atoms with Crippen molar-refractivity contribution in [1.82, 2.24) is 9.13 Å². The van der Waals surface area contributed by atoms with Crippen molar-refractivity contribution in [3.63, 3.8) is 0 Å². The molecule has 4 heteroatoms. The summed E-state index contributed by atoms with van der Waals surface area (Å²) in [5.41, 5.74) is 10.0. The summed E-state index contributed by atoms with van der Waals surface area (Å²) in [5, 5.41) is 14.9. The Kier molecular flexibility index (Phi) is 8.45. The van der Waals surface area contributed by atoms with Crippen LogP contribution in [0.2, 0.25) is 0 Å². The summed E-state index contributed by atoms with van der Waals surface area (Å²) in [4.78, 5) is 0. The molecule has 0 unspecified atom stereocenters. The van der Waals surface area contributed by atoms with E-state index in [2.05, 4.69) is 258 Å². The van der Waals surface area contributed by atoms with Crippen molar-refractivity contribution in [2.24, 2.45) is 0 Å². The second kappa shape index (κ2) is 14.7. The van der Waals surface area contributed by atoms with Gasteiger partial charge in [0, 0.05) is 32.9 Å². The molecular formula is C60H41N2Si2. The number of fused-ring (bicyclic) bond motifs is 9. The van der Waals surface area contributed by atoms with Gasteiger partial charge in [0.05, 0.1) is 22.1 Å². The highest BCUT2D eigenvalue weighted by Crippen LogP contribution is 2.36. The van der Waals surface area contributed by atoms with Gasteiger partial charge in [0.2, 0.25) is 0 Å². The number of aromatic nitrogens is 2. The van der Waals surface area contributed by atoms with Gasteiger partial charge in [0.1, 0.15) is 0 Å². The summed E-state index contributed by atoms with van der Waals surface area (Å²) >= 11 is 0. The van der Waals surface area contributed by atoms with E-state index in [1.807, 2.05) is 0 Å². The SMILES string of the molecule is c1ccc(-n2c3ccccc3c3cc([Si](c4ccccc4)(c4ccccc4)c4cccc(-n5c6ccccc6c6cc7c(cc65)[Si](c5ccccc5)c5ccccc5-7)c4)ccc32)cc1. The number of nitrogens with zero attached hydrogens (tertiary/aromatic N) is 2. The largest absolute Gasteiger partial charge is 0.309 e. The lowest BCUT2D eigenvalue weighted by Crippen LogP contribution is -2.74. The minimum Gasteiger partial charge on any atom is -0.309 e. The summed E-state index contributed by atoms with van der Waals surface area (Å²) in [6.45, 7) is 0. The Morgan fingerprint density at radius 1 is 0.281 bits per heavy atom. The predicted octanol–water partition coefficient (Wildman–Crippen LogP) is 9.75. The third-order valence-electron chi connectivity index (χ3n) is 13.7. The van der Waals surface area contributed by atoms with E-state index in [0.29, 0.717) is 0 Å². The van der Waals surface area contributed by atoms with Gasteiger partial charge in [-0.15, -0.1) is 0 Å². The minimum atomic E-state index is -2.99. The highest BCUT2D eigenvalue weighted by Gasteiger charge is 2.42. The molecular weight excluding hydrogens is 805 g/mol. The molecule has 12 aromatic rings. The van der Waals surface area contributed by atoms with Crippen LogP contribution in [0.4, 0.5) is 0 Å². The molecule has 0 saturated heterocycles. The lowest BCUT2D eigenvalue weighted by atomic mass is 10.0. The monoisotopic (exact) mass is 845 g/mol. The molecule has 10 aromatic carbocycles. The maximum atomic E-state index is 2.55. The van der Waals surface area contributed by atoms with Crippen molar-refractivity contribution in [3.8, 4) is 22.5 Å². The van der Waals surface area contributed by atoms with Gasteiger partial charge in [-0.3, -0.25) is 0 Å². The first kappa shape index (κ1) is 36.8. The van der Waals surface area contributed by atoms with Gasteiger partial charge in [0.15, 0.2) is 16.9 Å². The highest BCUT2D eigenvalue weighted by molar-refractivity contribution is 7.20. The first-order chi connectivity index (χ1) is 31.8. The van der Waals surface area contributed by atoms with E-state index in [1.54, 1.807) is 0 Å². The lowest BCUT2D eigenvalue weighted by molar-refractivity contribution is 1.18. The van der Waals surface area contributed by atoms with Crippen LogP contribution in [0.1, 0.15) is 0 Å². The highest BCUT2D eigenvalue weighted by atomic mass is 28.3. The van der Waals surface area contributed by atoms with E-state index in [0.717, 1.165) is 0 Å². The van der Waals surface area contributed by atoms with Gasteiger partial charge in [-0.1, -0.05) is 199 Å². The molecule has 2 aromatic heterocycles. The fourth-order valence-electron chi connectivity index (χ4n) is 11.0. The van der Waals surface area contributed by atoms with Gasteiger partial charge >= 0.3 is 0 Å². The third-order valence-corrected chi connectivity index (χ3v) is 21.3. The third kappa shape index (κ3) is 5.43. The lowest BCUT2D eigenvalue weighted by Gasteiger charge is -2.35. The van der Waals surface area contributed by atoms with Crippen LogP contribution in [0.3, 0.4) is 0 Å². The average molecular weight is 846 g/mol. The van der Waals surface area contributed by atoms with Crippen molar-refractivity contribution in [3.05, 3.63) is 249 Å². The summed E-state index contributed by atoms with van der Waals surface area (Å²) in [6.07, 6.45) is 0. The van der Waals surface area contributed by atoms with E-state index < -0.39 is 16.9 Å². The molecule has 0 saturated carbocycles. The predicted molar refractivity (Wildman–Crippen MR) is 275 cm³/mol. The van der Waals surface area contributed by atoms with Crippen molar-refractivity contribution in [2.75, 3.05) is 0 Å². The van der Waals surface area contributed by atoms with E-state index in [-0.39, 0.29) is 0 Å². The van der Waals surface area contributed by atoms with E-state index in [4.69, 9.17) is 0 Å². The molecule has 2 nitrogen and oxygen atoms in total. The fourth-order valence-corrected chi connectivity index (χ4v) is 18.8. The number of hydrogen-bond acceptors (Lipinski definition) is 0. The standard InChI is InChI=1S/C60H41N2Si2/c1-5-20-42(21-6-1)61-55-33-16-13-30-49(55)52-39-48(36-37-57(52)61)64(45-25-9-3-10-26-45,46-27-11-4-12-28-46)47-29-19-22-43(38-47)62-56-34-17-14-31-50(56)53-40-54-51-32-15-18-35-59(51)63(60(54)41-58(53)62)44-23-7-2-8-24-44/h1-41H. The average Bonchev–Trinajstić information content (AvgIpc) is 4.00. The van der Waals surface area contributed by atoms with Crippen LogP contribution >= 0.6 is 0 Å². The number of para-hydroxylation sites is 3. The molecule has 1 aliphatic rings. The molecule has 0 N–H and O–H groups in total. The van der Waals surface area contributed by atoms with Crippen LogP contribution in [0, 0.1) is 0 Å². The number of hydrogen-bond donors (Lipinski definition) is 0. The summed E-state index contributed by atoms with van der Waals surface area (Å²) in [7, 11) is -4.21. The fraction of sp³-hybridized carbons (Fsp3) is 0. The van der Waals surface area contributed by atoms with Crippen molar-refractivity contribution >= 4 is 96.8 Å². The number of benzene rings is 10. The first-order valence-electron chi connectivity index (χ1n) is 22.2. The summed E-state index contributed by atoms with van der Waals surface area (Å²) in [5.74, 6) is 0. The zero-order chi connectivity index (χ0) is 42.2. The molecule has 0 spiro atoms. The minimum absolute atomic E-state index is 1.17. The van der Waals surface area contributed by atoms with Crippen molar-refractivity contribution < 1.29 is 0 Å². The zero-order valence-electron chi connectivity index (χ0n) is 35.1. The zero-order valence-corrected chi connectivity index (χ0v) is 37.1. The number of rotatable bonds is 7. The van der Waals surface area contributed by atoms with Gasteiger partial charge < -0.3 is 9.13 Å². The smallest absolute Gasteiger partial charge is 0.179 e. The second-order valence-electron chi connectivity index (χ2n) is 17.0. The van der Waals surface area contributed by atoms with Crippen LogP contribution < -0.4 is 36.3 Å². The van der Waals surface area contributed by atoms with E-state index in [9.17, 15) is 0 Å². The molecule has 0 bridgehead atoms. The van der Waals surface area contributed by atoms with Gasteiger partial charge in [-0.2, -0.15) is 0 Å². The second-order valence-corrected chi connectivity index (χ2v) is 23.2. The molecule has 0 amide bonds. The summed E-state index contributed by atoms with van der Waals surface area (Å²) in [6, 6.07) is 93.6. The van der Waals surface area contributed by atoms with Crippen LogP contribution in [-0.2, 0) is 0 Å². The molecule has 64 heavy (non-hydrogen) atoms. The Labute approximate surface area is 375 Å². The van der Waals surface area contributed by atoms with E-state index in [1.165, 1.54) is 102 Å². The van der Waals surface area contributed by atoms with Crippen molar-refractivity contribution in [1.29, 1.82) is 0 Å². The van der Waals surface area contributed by atoms with Crippen LogP contribution in [0.5, 0.6) is 0 Å². The molecule has 0 atom stereocenters. The normalized spacial score (nSPS) is 12.6. The van der Waals surface area contributed by atoms with Crippen LogP contribution in [-0.4, -0.2) is 26.0 Å². The first-order valence-corrected chi connectivity index (χ1v) is 25.7. The van der Waals surface area contributed by atoms with Gasteiger partial charge in [-0.05, 0) is 96.8 Å². The van der Waals surface area contributed by atoms with E-state index >= 15 is 0 Å². The van der Waals surface area contributed by atoms with Crippen LogP contribution in [0.25, 0.3) is 66.1 Å². The molecule has 299 valence electrons. The van der Waals surface area contributed by atoms with Gasteiger partial charge in [0.25, 0.3) is 0 Å². The Morgan fingerprint density at radius 3 is 1.47 bits per heavy atom. The molecule has 3 heterocycles. The topological polar surface area (TPSA) is 9.86 Å². The van der Waals surface area contributed by atoms with Crippen molar-refractivity contribution in [2.45, 2.75) is 0 Å². The molecule has 1 aliphatic heterocycles. The Hall–Kier alpha value is -7.77. The quantitative estimate of drug-likeness (QED) is 0.112. The molecule has 0 fully saturated rings.